The number of nitrogens with one attached hydrogen (secondary N) is 1. The van der Waals surface area contributed by atoms with Crippen molar-refractivity contribution in [2.75, 3.05) is 6.61 Å². The molecule has 20 heavy (non-hydrogen) atoms. The second-order valence-corrected chi connectivity index (χ2v) is 6.32. The molecule has 0 saturated carbocycles. The van der Waals surface area contributed by atoms with Gasteiger partial charge in [-0.25, -0.2) is 0 Å². The van der Waals surface area contributed by atoms with Gasteiger partial charge in [0.05, 0.1) is 6.61 Å². The Labute approximate surface area is 125 Å². The molecule has 3 heteroatoms. The van der Waals surface area contributed by atoms with Crippen LogP contribution in [0.15, 0.2) is 42.5 Å². The summed E-state index contributed by atoms with van der Waals surface area (Å²) in [6.45, 7) is 4.50. The van der Waals surface area contributed by atoms with Crippen LogP contribution in [0.1, 0.15) is 35.2 Å². The van der Waals surface area contributed by atoms with Gasteiger partial charge in [-0.3, -0.25) is 0 Å². The van der Waals surface area contributed by atoms with Gasteiger partial charge in [0, 0.05) is 21.8 Å². The largest absolute Gasteiger partial charge is 0.395 e. The Balaban J connectivity index is 1.95. The summed E-state index contributed by atoms with van der Waals surface area (Å²) in [5, 5.41) is 13.1. The van der Waals surface area contributed by atoms with Crippen LogP contribution in [0.25, 0.3) is 0 Å². The van der Waals surface area contributed by atoms with Crippen LogP contribution in [0.4, 0.5) is 0 Å². The first-order valence-corrected chi connectivity index (χ1v) is 8.04. The maximum atomic E-state index is 9.58. The molecular formula is C17H23NOS. The van der Waals surface area contributed by atoms with Crippen LogP contribution in [0.5, 0.6) is 0 Å². The van der Waals surface area contributed by atoms with Crippen LogP contribution in [0.3, 0.4) is 0 Å². The van der Waals surface area contributed by atoms with E-state index in [4.69, 9.17) is 0 Å². The molecule has 0 aliphatic heterocycles. The highest BCUT2D eigenvalue weighted by molar-refractivity contribution is 7.12. The van der Waals surface area contributed by atoms with E-state index < -0.39 is 0 Å². The van der Waals surface area contributed by atoms with E-state index in [-0.39, 0.29) is 18.7 Å². The van der Waals surface area contributed by atoms with E-state index in [2.05, 4.69) is 43.4 Å². The van der Waals surface area contributed by atoms with Gasteiger partial charge in [-0.05, 0) is 37.5 Å². The molecule has 0 fully saturated rings. The summed E-state index contributed by atoms with van der Waals surface area (Å²) in [6, 6.07) is 15.1. The third kappa shape index (κ3) is 4.17. The van der Waals surface area contributed by atoms with Crippen molar-refractivity contribution in [2.24, 2.45) is 0 Å². The second-order valence-electron chi connectivity index (χ2n) is 5.12. The third-order valence-corrected chi connectivity index (χ3v) is 4.90. The molecule has 0 bridgehead atoms. The van der Waals surface area contributed by atoms with Gasteiger partial charge in [-0.1, -0.05) is 37.3 Å². The van der Waals surface area contributed by atoms with Gasteiger partial charge >= 0.3 is 0 Å². The number of aryl methyl sites for hydroxylation is 1. The average molecular weight is 289 g/mol. The zero-order chi connectivity index (χ0) is 14.4. The zero-order valence-corrected chi connectivity index (χ0v) is 13.0. The minimum Gasteiger partial charge on any atom is -0.395 e. The normalized spacial score (nSPS) is 14.2. The Kier molecular flexibility index (Phi) is 5.77. The van der Waals surface area contributed by atoms with Gasteiger partial charge in [0.25, 0.3) is 0 Å². The molecule has 0 radical (unpaired) electrons. The van der Waals surface area contributed by atoms with Crippen LogP contribution in [0, 0.1) is 0 Å². The van der Waals surface area contributed by atoms with Gasteiger partial charge in [0.1, 0.15) is 0 Å². The molecule has 2 N–H and O–H groups in total. The summed E-state index contributed by atoms with van der Waals surface area (Å²) in [7, 11) is 0. The molecule has 1 aromatic carbocycles. The number of rotatable bonds is 7. The lowest BCUT2D eigenvalue weighted by Crippen LogP contribution is -2.36. The Bertz CT molecular complexity index is 509. The van der Waals surface area contributed by atoms with Crippen LogP contribution >= 0.6 is 11.3 Å². The molecule has 2 nitrogen and oxygen atoms in total. The summed E-state index contributed by atoms with van der Waals surface area (Å²) < 4.78 is 0. The van der Waals surface area contributed by atoms with Gasteiger partial charge in [-0.15, -0.1) is 11.3 Å². The lowest BCUT2D eigenvalue weighted by atomic mass is 10.1. The average Bonchev–Trinajstić information content (AvgIpc) is 2.96. The lowest BCUT2D eigenvalue weighted by molar-refractivity contribution is 0.233. The van der Waals surface area contributed by atoms with Gasteiger partial charge in [0.15, 0.2) is 0 Å². The highest BCUT2D eigenvalue weighted by atomic mass is 32.1. The molecule has 1 unspecified atom stereocenters. The van der Waals surface area contributed by atoms with E-state index in [9.17, 15) is 5.11 Å². The van der Waals surface area contributed by atoms with Crippen molar-refractivity contribution < 1.29 is 5.11 Å². The van der Waals surface area contributed by atoms with Crippen LogP contribution in [-0.4, -0.2) is 17.8 Å². The molecule has 0 spiro atoms. The van der Waals surface area contributed by atoms with Gasteiger partial charge < -0.3 is 10.4 Å². The van der Waals surface area contributed by atoms with Crippen molar-refractivity contribution in [3.63, 3.8) is 0 Å². The lowest BCUT2D eigenvalue weighted by Gasteiger charge is -2.21. The first kappa shape index (κ1) is 15.2. The van der Waals surface area contributed by atoms with E-state index in [1.807, 2.05) is 29.5 Å². The number of thiophene rings is 1. The third-order valence-electron chi connectivity index (χ3n) is 3.49. The minimum atomic E-state index is 0.0968. The monoisotopic (exact) mass is 289 g/mol. The Morgan fingerprint density at radius 1 is 1.15 bits per heavy atom. The minimum absolute atomic E-state index is 0.0968. The predicted molar refractivity (Wildman–Crippen MR) is 86.3 cm³/mol. The summed E-state index contributed by atoms with van der Waals surface area (Å²) >= 11 is 1.86. The molecule has 2 rings (SSSR count). The van der Waals surface area contributed by atoms with Crippen molar-refractivity contribution in [3.05, 3.63) is 57.8 Å². The second kappa shape index (κ2) is 7.58. The maximum Gasteiger partial charge on any atom is 0.0588 e. The van der Waals surface area contributed by atoms with E-state index in [1.165, 1.54) is 15.3 Å². The summed E-state index contributed by atoms with van der Waals surface area (Å²) in [4.78, 5) is 2.76. The first-order chi connectivity index (χ1) is 9.72. The quantitative estimate of drug-likeness (QED) is 0.817. The fourth-order valence-corrected chi connectivity index (χ4v) is 3.29. The summed E-state index contributed by atoms with van der Waals surface area (Å²) in [6.07, 6.45) is 1.94. The summed E-state index contributed by atoms with van der Waals surface area (Å²) in [5.41, 5.74) is 1.26. The van der Waals surface area contributed by atoms with E-state index in [1.54, 1.807) is 0 Å². The Morgan fingerprint density at radius 2 is 1.90 bits per heavy atom. The fourth-order valence-electron chi connectivity index (χ4n) is 2.33. The molecule has 1 aromatic heterocycles. The predicted octanol–water partition coefficient (Wildman–Crippen LogP) is 3.56. The summed E-state index contributed by atoms with van der Waals surface area (Å²) in [5.74, 6) is 0. The molecule has 0 saturated heterocycles. The molecule has 2 atom stereocenters. The maximum absolute atomic E-state index is 9.58. The van der Waals surface area contributed by atoms with Crippen molar-refractivity contribution in [1.82, 2.24) is 5.32 Å². The van der Waals surface area contributed by atoms with E-state index in [0.29, 0.717) is 0 Å². The molecule has 2 aromatic rings. The smallest absolute Gasteiger partial charge is 0.0588 e. The highest BCUT2D eigenvalue weighted by Gasteiger charge is 2.14. The number of benzene rings is 1. The Morgan fingerprint density at radius 3 is 2.50 bits per heavy atom. The number of hydrogen-bond donors (Lipinski definition) is 2. The molecule has 108 valence electrons. The molecule has 0 aliphatic carbocycles. The molecule has 1 heterocycles. The van der Waals surface area contributed by atoms with Gasteiger partial charge in [-0.2, -0.15) is 0 Å². The van der Waals surface area contributed by atoms with Gasteiger partial charge in [0.2, 0.25) is 0 Å². The Hall–Kier alpha value is -1.16. The topological polar surface area (TPSA) is 32.3 Å². The highest BCUT2D eigenvalue weighted by Crippen LogP contribution is 2.24. The first-order valence-electron chi connectivity index (χ1n) is 7.22. The van der Waals surface area contributed by atoms with E-state index in [0.717, 1.165) is 12.8 Å². The zero-order valence-electron chi connectivity index (χ0n) is 12.2. The van der Waals surface area contributed by atoms with Crippen molar-refractivity contribution in [1.29, 1.82) is 0 Å². The van der Waals surface area contributed by atoms with Crippen LogP contribution in [0.2, 0.25) is 0 Å². The number of aliphatic hydroxyl groups is 1. The molecule has 0 aliphatic rings. The molecule has 0 amide bonds. The molecular weight excluding hydrogens is 266 g/mol. The fraction of sp³-hybridized carbons (Fsp3) is 0.412. The van der Waals surface area contributed by atoms with Crippen LogP contribution < -0.4 is 5.32 Å². The van der Waals surface area contributed by atoms with Crippen molar-refractivity contribution in [2.45, 2.75) is 38.8 Å². The SMILES string of the molecule is CCc1ccc(C(C)N[C@@H](CO)Cc2ccccc2)s1. The van der Waals surface area contributed by atoms with Crippen molar-refractivity contribution in [3.8, 4) is 0 Å². The van der Waals surface area contributed by atoms with Crippen molar-refractivity contribution >= 4 is 11.3 Å². The van der Waals surface area contributed by atoms with E-state index >= 15 is 0 Å². The number of aliphatic hydroxyl groups excluding tert-OH is 1. The number of hydrogen-bond acceptors (Lipinski definition) is 3. The van der Waals surface area contributed by atoms with Crippen LogP contribution in [-0.2, 0) is 12.8 Å². The standard InChI is InChI=1S/C17H23NOS/c1-3-16-9-10-17(20-16)13(2)18-15(12-19)11-14-7-5-4-6-8-14/h4-10,13,15,18-19H,3,11-12H2,1-2H3/t13?,15-/m1/s1.